The Kier molecular flexibility index (Phi) is 4.55. The molecule has 0 N–H and O–H groups in total. The van der Waals surface area contributed by atoms with E-state index < -0.39 is 10.9 Å². The van der Waals surface area contributed by atoms with Gasteiger partial charge in [-0.2, -0.15) is 0 Å². The SMILES string of the molecule is O=C1OC(c2sc3cc([N+](=O)[O-])ccc3c2Cl)=N/C1=C/c1ccc(Br)cc1. The lowest BCUT2D eigenvalue weighted by Gasteiger charge is -1.95. The second-order valence-corrected chi connectivity index (χ2v) is 7.92. The number of nitro groups is 1. The van der Waals surface area contributed by atoms with E-state index in [1.54, 1.807) is 12.1 Å². The van der Waals surface area contributed by atoms with Crippen LogP contribution in [0.25, 0.3) is 16.2 Å². The van der Waals surface area contributed by atoms with Crippen molar-refractivity contribution >= 4 is 72.6 Å². The minimum Gasteiger partial charge on any atom is -0.401 e. The zero-order valence-corrected chi connectivity index (χ0v) is 16.5. The molecule has 2 aromatic carbocycles. The smallest absolute Gasteiger partial charge is 0.363 e. The maximum atomic E-state index is 12.2. The second kappa shape index (κ2) is 6.88. The number of cyclic esters (lactones) is 1. The molecule has 0 bridgehead atoms. The number of hydrogen-bond acceptors (Lipinski definition) is 6. The predicted octanol–water partition coefficient (Wildman–Crippen LogP) is 5.57. The topological polar surface area (TPSA) is 81.8 Å². The highest BCUT2D eigenvalue weighted by Crippen LogP contribution is 2.39. The van der Waals surface area contributed by atoms with Gasteiger partial charge in [0.2, 0.25) is 5.90 Å². The molecule has 6 nitrogen and oxygen atoms in total. The molecule has 1 aliphatic rings. The molecule has 3 aromatic rings. The quantitative estimate of drug-likeness (QED) is 0.220. The van der Waals surface area contributed by atoms with E-state index in [4.69, 9.17) is 16.3 Å². The molecule has 2 heterocycles. The monoisotopic (exact) mass is 462 g/mol. The molecule has 1 aliphatic heterocycles. The third-order valence-corrected chi connectivity index (χ3v) is 5.99. The Labute approximate surface area is 170 Å². The number of thiophene rings is 1. The summed E-state index contributed by atoms with van der Waals surface area (Å²) in [5.74, 6) is -0.482. The molecule has 9 heteroatoms. The third kappa shape index (κ3) is 3.39. The molecule has 27 heavy (non-hydrogen) atoms. The number of rotatable bonds is 3. The van der Waals surface area contributed by atoms with Crippen molar-refractivity contribution in [1.82, 2.24) is 0 Å². The molecular weight excluding hydrogens is 456 g/mol. The van der Waals surface area contributed by atoms with Crippen molar-refractivity contribution in [2.45, 2.75) is 0 Å². The number of halogens is 2. The van der Waals surface area contributed by atoms with Crippen LogP contribution in [-0.2, 0) is 9.53 Å². The van der Waals surface area contributed by atoms with E-state index in [1.165, 1.54) is 23.5 Å². The average Bonchev–Trinajstić information content (AvgIpc) is 3.17. The van der Waals surface area contributed by atoms with E-state index in [2.05, 4.69) is 20.9 Å². The molecule has 0 atom stereocenters. The number of nitro benzene ring substituents is 1. The molecular formula is C18H8BrClN2O4S. The van der Waals surface area contributed by atoms with Gasteiger partial charge in [0.1, 0.15) is 4.88 Å². The Morgan fingerprint density at radius 3 is 2.67 bits per heavy atom. The summed E-state index contributed by atoms with van der Waals surface area (Å²) in [4.78, 5) is 27.3. The van der Waals surface area contributed by atoms with Gasteiger partial charge in [0.05, 0.1) is 9.95 Å². The summed E-state index contributed by atoms with van der Waals surface area (Å²) < 4.78 is 6.81. The van der Waals surface area contributed by atoms with Gasteiger partial charge in [-0.3, -0.25) is 10.1 Å². The van der Waals surface area contributed by atoms with Crippen molar-refractivity contribution in [3.8, 4) is 0 Å². The maximum absolute atomic E-state index is 12.2. The molecule has 0 aliphatic carbocycles. The Balaban J connectivity index is 1.75. The number of non-ortho nitro benzene ring substituents is 1. The molecule has 134 valence electrons. The number of benzene rings is 2. The van der Waals surface area contributed by atoms with Gasteiger partial charge in [-0.1, -0.05) is 39.7 Å². The predicted molar refractivity (Wildman–Crippen MR) is 108 cm³/mol. The Hall–Kier alpha value is -2.55. The van der Waals surface area contributed by atoms with Gasteiger partial charge < -0.3 is 4.74 Å². The van der Waals surface area contributed by atoms with Crippen molar-refractivity contribution < 1.29 is 14.5 Å². The number of carbonyl (C=O) groups excluding carboxylic acids is 1. The fourth-order valence-corrected chi connectivity index (χ4v) is 4.26. The zero-order valence-electron chi connectivity index (χ0n) is 13.3. The third-order valence-electron chi connectivity index (χ3n) is 3.81. The van der Waals surface area contributed by atoms with E-state index in [0.717, 1.165) is 10.0 Å². The lowest BCUT2D eigenvalue weighted by Crippen LogP contribution is -2.04. The fourth-order valence-electron chi connectivity index (χ4n) is 2.53. The zero-order chi connectivity index (χ0) is 19.1. The summed E-state index contributed by atoms with van der Waals surface area (Å²) in [6.45, 7) is 0. The number of nitrogens with zero attached hydrogens (tertiary/aromatic N) is 2. The van der Waals surface area contributed by atoms with E-state index in [0.29, 0.717) is 20.0 Å². The van der Waals surface area contributed by atoms with E-state index in [1.807, 2.05) is 24.3 Å². The van der Waals surface area contributed by atoms with E-state index in [9.17, 15) is 14.9 Å². The first-order valence-corrected chi connectivity index (χ1v) is 9.56. The van der Waals surface area contributed by atoms with Gasteiger partial charge in [0, 0.05) is 26.7 Å². The number of esters is 1. The van der Waals surface area contributed by atoms with Crippen LogP contribution in [0.2, 0.25) is 5.02 Å². The lowest BCUT2D eigenvalue weighted by molar-refractivity contribution is -0.384. The molecule has 0 fully saturated rings. The Morgan fingerprint density at radius 1 is 1.22 bits per heavy atom. The first kappa shape index (κ1) is 17.8. The molecule has 0 unspecified atom stereocenters. The Bertz CT molecular complexity index is 1170. The largest absolute Gasteiger partial charge is 0.401 e. The van der Waals surface area contributed by atoms with Crippen LogP contribution < -0.4 is 0 Å². The van der Waals surface area contributed by atoms with Crippen LogP contribution >= 0.6 is 38.9 Å². The summed E-state index contributed by atoms with van der Waals surface area (Å²) in [6.07, 6.45) is 1.62. The van der Waals surface area contributed by atoms with Gasteiger partial charge in [-0.15, -0.1) is 11.3 Å². The van der Waals surface area contributed by atoms with E-state index in [-0.39, 0.29) is 17.3 Å². The van der Waals surface area contributed by atoms with Gasteiger partial charge in [-0.25, -0.2) is 9.79 Å². The van der Waals surface area contributed by atoms with Gasteiger partial charge in [0.15, 0.2) is 5.70 Å². The number of aliphatic imine (C=N–C) groups is 1. The summed E-state index contributed by atoms with van der Waals surface area (Å²) in [5, 5.41) is 11.9. The highest BCUT2D eigenvalue weighted by molar-refractivity contribution is 9.10. The van der Waals surface area contributed by atoms with Crippen molar-refractivity contribution in [2.24, 2.45) is 4.99 Å². The van der Waals surface area contributed by atoms with Crippen LogP contribution in [0.4, 0.5) is 5.69 Å². The van der Waals surface area contributed by atoms with Crippen LogP contribution in [0.1, 0.15) is 10.4 Å². The molecule has 4 rings (SSSR count). The van der Waals surface area contributed by atoms with Crippen molar-refractivity contribution in [2.75, 3.05) is 0 Å². The van der Waals surface area contributed by atoms with E-state index >= 15 is 0 Å². The van der Waals surface area contributed by atoms with Crippen LogP contribution in [0.3, 0.4) is 0 Å². The van der Waals surface area contributed by atoms with Crippen molar-refractivity contribution in [3.05, 3.63) is 78.2 Å². The molecule has 0 radical (unpaired) electrons. The van der Waals surface area contributed by atoms with Crippen molar-refractivity contribution in [1.29, 1.82) is 0 Å². The highest BCUT2D eigenvalue weighted by Gasteiger charge is 2.28. The summed E-state index contributed by atoms with van der Waals surface area (Å²) in [7, 11) is 0. The van der Waals surface area contributed by atoms with Crippen LogP contribution in [0.5, 0.6) is 0 Å². The Morgan fingerprint density at radius 2 is 1.96 bits per heavy atom. The number of carbonyl (C=O) groups is 1. The molecule has 0 amide bonds. The normalized spacial score (nSPS) is 15.3. The number of fused-ring (bicyclic) bond motifs is 1. The van der Waals surface area contributed by atoms with Crippen molar-refractivity contribution in [3.63, 3.8) is 0 Å². The maximum Gasteiger partial charge on any atom is 0.363 e. The number of ether oxygens (including phenoxy) is 1. The van der Waals surface area contributed by atoms with Gasteiger partial charge in [0.25, 0.3) is 5.69 Å². The standard InChI is InChI=1S/C18H8BrClN2O4S/c19-10-3-1-9(2-4-10)7-13-18(23)26-17(21-13)16-15(20)12-6-5-11(22(24)25)8-14(12)27-16/h1-8H/b13-7+. The first-order valence-electron chi connectivity index (χ1n) is 7.57. The minimum absolute atomic E-state index is 0.0341. The number of hydrogen-bond donors (Lipinski definition) is 0. The highest BCUT2D eigenvalue weighted by atomic mass is 79.9. The minimum atomic E-state index is -0.576. The molecule has 0 saturated carbocycles. The molecule has 0 saturated heterocycles. The summed E-state index contributed by atoms with van der Waals surface area (Å²) >= 11 is 10.9. The van der Waals surface area contributed by atoms with Crippen LogP contribution in [0, 0.1) is 10.1 Å². The van der Waals surface area contributed by atoms with Crippen LogP contribution in [-0.4, -0.2) is 16.8 Å². The van der Waals surface area contributed by atoms with Gasteiger partial charge >= 0.3 is 5.97 Å². The second-order valence-electron chi connectivity index (χ2n) is 5.57. The first-order chi connectivity index (χ1) is 12.9. The van der Waals surface area contributed by atoms with Gasteiger partial charge in [-0.05, 0) is 29.8 Å². The summed E-state index contributed by atoms with van der Waals surface area (Å²) in [6, 6.07) is 11.8. The molecule has 0 spiro atoms. The average molecular weight is 464 g/mol. The summed E-state index contributed by atoms with van der Waals surface area (Å²) in [5.41, 5.74) is 0.924. The lowest BCUT2D eigenvalue weighted by atomic mass is 10.2. The molecule has 1 aromatic heterocycles. The fraction of sp³-hybridized carbons (Fsp3) is 0. The van der Waals surface area contributed by atoms with Crippen LogP contribution in [0.15, 0.2) is 57.6 Å².